The van der Waals surface area contributed by atoms with E-state index in [1.165, 1.54) is 29.5 Å². The number of rotatable bonds is 4. The van der Waals surface area contributed by atoms with Crippen molar-refractivity contribution in [1.82, 2.24) is 14.2 Å². The minimum absolute atomic E-state index is 0.124. The van der Waals surface area contributed by atoms with Crippen molar-refractivity contribution in [2.45, 2.75) is 44.9 Å². The minimum atomic E-state index is -0.124. The first kappa shape index (κ1) is 20.9. The summed E-state index contributed by atoms with van der Waals surface area (Å²) in [6, 6.07) is 18.0. The minimum Gasteiger partial charge on any atom is -0.316 e. The number of hydrogen-bond acceptors (Lipinski definition) is 3. The molecular formula is C26H25BrN4O. The molecule has 0 atom stereocenters. The molecule has 162 valence electrons. The van der Waals surface area contributed by atoms with Crippen LogP contribution >= 0.6 is 15.9 Å². The number of aromatic nitrogens is 3. The van der Waals surface area contributed by atoms with Gasteiger partial charge in [0, 0.05) is 22.3 Å². The highest BCUT2D eigenvalue weighted by Crippen LogP contribution is 2.32. The molecule has 1 aliphatic carbocycles. The molecule has 0 saturated heterocycles. The van der Waals surface area contributed by atoms with Crippen molar-refractivity contribution in [2.75, 3.05) is 0 Å². The van der Waals surface area contributed by atoms with Crippen LogP contribution in [0.4, 0.5) is 0 Å². The van der Waals surface area contributed by atoms with Crippen LogP contribution in [0.1, 0.15) is 55.1 Å². The largest absolute Gasteiger partial charge is 0.316 e. The summed E-state index contributed by atoms with van der Waals surface area (Å²) in [6.07, 6.45) is 9.44. The zero-order chi connectivity index (χ0) is 22.1. The maximum Gasteiger partial charge on any atom is 0.282 e. The van der Waals surface area contributed by atoms with Gasteiger partial charge >= 0.3 is 0 Å². The average molecular weight is 489 g/mol. The highest BCUT2D eigenvalue weighted by molar-refractivity contribution is 9.10. The Kier molecular flexibility index (Phi) is 5.79. The second kappa shape index (κ2) is 8.87. The fourth-order valence-electron chi connectivity index (χ4n) is 4.46. The Bertz CT molecular complexity index is 1340. The molecule has 0 amide bonds. The van der Waals surface area contributed by atoms with E-state index in [0.29, 0.717) is 5.39 Å². The lowest BCUT2D eigenvalue weighted by Gasteiger charge is -2.22. The van der Waals surface area contributed by atoms with Crippen molar-refractivity contribution < 1.29 is 0 Å². The van der Waals surface area contributed by atoms with Crippen molar-refractivity contribution in [1.29, 1.82) is 0 Å². The number of fused-ring (bicyclic) bond motifs is 1. The smallest absolute Gasteiger partial charge is 0.282 e. The SMILES string of the molecule is Cc1ccc(-n2cccc2C=Nn2c(C3CCCCC3)nc3ccc(Br)cc3c2=O)cc1. The van der Waals surface area contributed by atoms with Gasteiger partial charge in [0.25, 0.3) is 5.56 Å². The summed E-state index contributed by atoms with van der Waals surface area (Å²) >= 11 is 3.48. The molecule has 0 aliphatic heterocycles. The zero-order valence-corrected chi connectivity index (χ0v) is 19.6. The van der Waals surface area contributed by atoms with Gasteiger partial charge in [0.15, 0.2) is 0 Å². The molecule has 5 nitrogen and oxygen atoms in total. The molecule has 5 rings (SSSR count). The summed E-state index contributed by atoms with van der Waals surface area (Å²) < 4.78 is 4.45. The van der Waals surface area contributed by atoms with E-state index < -0.39 is 0 Å². The number of halogens is 1. The molecule has 0 spiro atoms. The molecule has 6 heteroatoms. The van der Waals surface area contributed by atoms with Crippen molar-refractivity contribution in [3.05, 3.63) is 92.7 Å². The van der Waals surface area contributed by atoms with Gasteiger partial charge in [-0.2, -0.15) is 9.78 Å². The Morgan fingerprint density at radius 2 is 1.84 bits per heavy atom. The molecule has 0 unspecified atom stereocenters. The highest BCUT2D eigenvalue weighted by atomic mass is 79.9. The van der Waals surface area contributed by atoms with E-state index in [4.69, 9.17) is 4.98 Å². The van der Waals surface area contributed by atoms with E-state index in [1.807, 2.05) is 36.5 Å². The summed E-state index contributed by atoms with van der Waals surface area (Å²) in [4.78, 5) is 18.4. The van der Waals surface area contributed by atoms with E-state index in [-0.39, 0.29) is 11.5 Å². The second-order valence-corrected chi connectivity index (χ2v) is 9.38. The molecule has 4 aromatic rings. The summed E-state index contributed by atoms with van der Waals surface area (Å²) in [6.45, 7) is 2.08. The third kappa shape index (κ3) is 4.07. The first-order valence-corrected chi connectivity index (χ1v) is 11.9. The van der Waals surface area contributed by atoms with E-state index in [0.717, 1.165) is 40.0 Å². The first-order valence-electron chi connectivity index (χ1n) is 11.1. The van der Waals surface area contributed by atoms with Crippen LogP contribution < -0.4 is 5.56 Å². The summed E-state index contributed by atoms with van der Waals surface area (Å²) in [5, 5.41) is 5.26. The summed E-state index contributed by atoms with van der Waals surface area (Å²) in [5.74, 6) is 1.03. The van der Waals surface area contributed by atoms with Gasteiger partial charge in [-0.15, -0.1) is 0 Å². The quantitative estimate of drug-likeness (QED) is 0.321. The van der Waals surface area contributed by atoms with Crippen LogP contribution in [0, 0.1) is 6.92 Å². The van der Waals surface area contributed by atoms with Gasteiger partial charge in [0.05, 0.1) is 22.8 Å². The summed E-state index contributed by atoms with van der Waals surface area (Å²) in [5.41, 5.74) is 3.79. The van der Waals surface area contributed by atoms with Crippen LogP contribution in [0.5, 0.6) is 0 Å². The monoisotopic (exact) mass is 488 g/mol. The molecule has 2 aromatic heterocycles. The van der Waals surface area contributed by atoms with Gasteiger partial charge in [0.2, 0.25) is 0 Å². The topological polar surface area (TPSA) is 52.2 Å². The van der Waals surface area contributed by atoms with E-state index in [1.54, 1.807) is 6.21 Å². The average Bonchev–Trinajstić information content (AvgIpc) is 3.28. The van der Waals surface area contributed by atoms with Gasteiger partial charge in [-0.3, -0.25) is 4.79 Å². The van der Waals surface area contributed by atoms with Gasteiger partial charge in [-0.05, 0) is 62.2 Å². The Morgan fingerprint density at radius 1 is 1.06 bits per heavy atom. The molecule has 1 saturated carbocycles. The maximum absolute atomic E-state index is 13.5. The fourth-order valence-corrected chi connectivity index (χ4v) is 4.82. The molecule has 1 aliphatic rings. The third-order valence-electron chi connectivity index (χ3n) is 6.20. The van der Waals surface area contributed by atoms with Crippen LogP contribution in [0.3, 0.4) is 0 Å². The molecule has 0 N–H and O–H groups in total. The van der Waals surface area contributed by atoms with E-state index in [9.17, 15) is 4.79 Å². The lowest BCUT2D eigenvalue weighted by atomic mass is 9.88. The van der Waals surface area contributed by atoms with Gasteiger partial charge in [-0.1, -0.05) is 52.9 Å². The number of aryl methyl sites for hydroxylation is 1. The van der Waals surface area contributed by atoms with Crippen LogP contribution in [0.2, 0.25) is 0 Å². The van der Waals surface area contributed by atoms with Crippen LogP contribution in [-0.4, -0.2) is 20.4 Å². The lowest BCUT2D eigenvalue weighted by molar-refractivity contribution is 0.416. The van der Waals surface area contributed by atoms with Crippen molar-refractivity contribution in [2.24, 2.45) is 5.10 Å². The molecule has 0 radical (unpaired) electrons. The molecule has 1 fully saturated rings. The molecule has 0 bridgehead atoms. The fraction of sp³-hybridized carbons (Fsp3) is 0.269. The molecule has 2 aromatic carbocycles. The normalized spacial score (nSPS) is 15.1. The number of nitrogens with zero attached hydrogens (tertiary/aromatic N) is 4. The molecular weight excluding hydrogens is 464 g/mol. The zero-order valence-electron chi connectivity index (χ0n) is 18.0. The first-order chi connectivity index (χ1) is 15.6. The maximum atomic E-state index is 13.5. The Labute approximate surface area is 195 Å². The van der Waals surface area contributed by atoms with Gasteiger partial charge in [0.1, 0.15) is 5.82 Å². The van der Waals surface area contributed by atoms with E-state index in [2.05, 4.69) is 56.8 Å². The van der Waals surface area contributed by atoms with E-state index >= 15 is 0 Å². The Balaban J connectivity index is 1.61. The second-order valence-electron chi connectivity index (χ2n) is 8.47. The Morgan fingerprint density at radius 3 is 2.62 bits per heavy atom. The summed E-state index contributed by atoms with van der Waals surface area (Å²) in [7, 11) is 0. The standard InChI is InChI=1S/C26H25BrN4O/c1-18-9-12-21(13-10-18)30-15-5-8-22(30)17-28-31-25(19-6-3-2-4-7-19)29-24-14-11-20(27)16-23(24)26(31)32/h5,8-17,19H,2-4,6-7H2,1H3. The number of hydrogen-bond donors (Lipinski definition) is 0. The highest BCUT2D eigenvalue weighted by Gasteiger charge is 2.22. The van der Waals surface area contributed by atoms with Crippen LogP contribution in [0.15, 0.2) is 75.2 Å². The van der Waals surface area contributed by atoms with Gasteiger partial charge < -0.3 is 4.57 Å². The molecule has 32 heavy (non-hydrogen) atoms. The van der Waals surface area contributed by atoms with Crippen LogP contribution in [0.25, 0.3) is 16.6 Å². The lowest BCUT2D eigenvalue weighted by Crippen LogP contribution is -2.25. The molecule has 2 heterocycles. The number of benzene rings is 2. The van der Waals surface area contributed by atoms with Crippen molar-refractivity contribution in [3.8, 4) is 5.69 Å². The predicted octanol–water partition coefficient (Wildman–Crippen LogP) is 6.19. The Hall–Kier alpha value is -2.99. The van der Waals surface area contributed by atoms with Crippen molar-refractivity contribution in [3.63, 3.8) is 0 Å². The van der Waals surface area contributed by atoms with Crippen molar-refractivity contribution >= 4 is 33.0 Å². The van der Waals surface area contributed by atoms with Crippen LogP contribution in [-0.2, 0) is 0 Å². The van der Waals surface area contributed by atoms with Gasteiger partial charge in [-0.25, -0.2) is 4.98 Å². The third-order valence-corrected chi connectivity index (χ3v) is 6.69. The predicted molar refractivity (Wildman–Crippen MR) is 133 cm³/mol.